The molecule has 11 rings (SSSR count). The van der Waals surface area contributed by atoms with Crippen LogP contribution >= 0.6 is 11.3 Å². The van der Waals surface area contributed by atoms with Crippen LogP contribution in [0.2, 0.25) is 0 Å². The van der Waals surface area contributed by atoms with E-state index in [2.05, 4.69) is 205 Å². The molecule has 0 saturated carbocycles. The maximum atomic E-state index is 5.41. The van der Waals surface area contributed by atoms with Crippen molar-refractivity contribution in [3.63, 3.8) is 0 Å². The molecule has 0 radical (unpaired) electrons. The molecule has 0 aliphatic rings. The largest absolute Gasteiger partial charge is 0.264 e. The van der Waals surface area contributed by atoms with Crippen LogP contribution in [-0.2, 0) is 0 Å². The second-order valence-corrected chi connectivity index (χ2v) is 16.0. The van der Waals surface area contributed by atoms with E-state index in [1.807, 2.05) is 18.5 Å². The predicted molar refractivity (Wildman–Crippen MR) is 250 cm³/mol. The summed E-state index contributed by atoms with van der Waals surface area (Å²) in [6, 6.07) is 74.5. The van der Waals surface area contributed by atoms with E-state index in [0.29, 0.717) is 0 Å². The standard InChI is InChI=1S/C56H36N2S/c1-3-19-49-38(10-1)12-7-21-51(49)40-25-23-37(24-26-40)48-34-53(42-29-27-41(28-30-42)52-22-8-13-39-11-2-4-20-50(39)52)55-54(35-48)59-56(58-55)46-17-6-15-44(33-46)43-14-5-16-45(32-43)47-18-9-31-57-36-47/h1-36H. The van der Waals surface area contributed by atoms with Crippen molar-refractivity contribution in [2.24, 2.45) is 0 Å². The highest BCUT2D eigenvalue weighted by Gasteiger charge is 2.16. The fraction of sp³-hybridized carbons (Fsp3) is 0. The summed E-state index contributed by atoms with van der Waals surface area (Å²) in [7, 11) is 0. The van der Waals surface area contributed by atoms with E-state index in [-0.39, 0.29) is 0 Å². The lowest BCUT2D eigenvalue weighted by Gasteiger charge is -2.11. The maximum absolute atomic E-state index is 5.41. The van der Waals surface area contributed by atoms with Crippen LogP contribution in [0.15, 0.2) is 219 Å². The molecular weight excluding hydrogens is 733 g/mol. The molecule has 3 heteroatoms. The SMILES string of the molecule is c1cncc(-c2cccc(-c3cccc(-c4nc5c(-c6ccc(-c7cccc8ccccc78)cc6)cc(-c6ccc(-c7cccc8ccccc78)cc6)cc5s4)c3)c2)c1. The van der Waals surface area contributed by atoms with Gasteiger partial charge in [0.25, 0.3) is 0 Å². The van der Waals surface area contributed by atoms with Gasteiger partial charge in [-0.1, -0.05) is 176 Å². The van der Waals surface area contributed by atoms with Crippen molar-refractivity contribution in [1.29, 1.82) is 0 Å². The average molecular weight is 769 g/mol. The molecule has 0 N–H and O–H groups in total. The molecule has 9 aromatic carbocycles. The molecule has 0 bridgehead atoms. The van der Waals surface area contributed by atoms with Crippen LogP contribution in [0.25, 0.3) is 109 Å². The first-order chi connectivity index (χ1) is 29.2. The average Bonchev–Trinajstić information content (AvgIpc) is 3.76. The first kappa shape index (κ1) is 34.8. The van der Waals surface area contributed by atoms with Gasteiger partial charge in [0.1, 0.15) is 5.01 Å². The van der Waals surface area contributed by atoms with Gasteiger partial charge in [-0.05, 0) is 108 Å². The summed E-state index contributed by atoms with van der Waals surface area (Å²) in [4.78, 5) is 9.75. The van der Waals surface area contributed by atoms with Gasteiger partial charge in [-0.2, -0.15) is 0 Å². The van der Waals surface area contributed by atoms with E-state index in [0.717, 1.165) is 54.2 Å². The van der Waals surface area contributed by atoms with Crippen molar-refractivity contribution in [3.05, 3.63) is 219 Å². The number of thiazole rings is 1. The van der Waals surface area contributed by atoms with Gasteiger partial charge in [-0.25, -0.2) is 4.98 Å². The first-order valence-electron chi connectivity index (χ1n) is 19.9. The van der Waals surface area contributed by atoms with Crippen LogP contribution in [0.3, 0.4) is 0 Å². The third-order valence-corrected chi connectivity index (χ3v) is 12.5. The number of rotatable bonds is 7. The van der Waals surface area contributed by atoms with Crippen LogP contribution in [0.5, 0.6) is 0 Å². The molecule has 0 fully saturated rings. The molecule has 59 heavy (non-hydrogen) atoms. The van der Waals surface area contributed by atoms with Gasteiger partial charge in [0, 0.05) is 29.1 Å². The van der Waals surface area contributed by atoms with Crippen molar-refractivity contribution in [2.45, 2.75) is 0 Å². The summed E-state index contributed by atoms with van der Waals surface area (Å²) in [5.41, 5.74) is 16.2. The lowest BCUT2D eigenvalue weighted by molar-refractivity contribution is 1.33. The third-order valence-electron chi connectivity index (χ3n) is 11.4. The molecule has 0 unspecified atom stereocenters. The number of aromatic nitrogens is 2. The number of hydrogen-bond donors (Lipinski definition) is 0. The van der Waals surface area contributed by atoms with Crippen molar-refractivity contribution in [2.75, 3.05) is 0 Å². The zero-order valence-corrected chi connectivity index (χ0v) is 32.9. The zero-order chi connectivity index (χ0) is 39.1. The van der Waals surface area contributed by atoms with Gasteiger partial charge >= 0.3 is 0 Å². The number of pyridine rings is 1. The summed E-state index contributed by atoms with van der Waals surface area (Å²) in [6.07, 6.45) is 3.73. The Kier molecular flexibility index (Phi) is 8.72. The predicted octanol–water partition coefficient (Wildman–Crippen LogP) is 15.7. The summed E-state index contributed by atoms with van der Waals surface area (Å²) in [5.74, 6) is 0. The summed E-state index contributed by atoms with van der Waals surface area (Å²) >= 11 is 1.76. The highest BCUT2D eigenvalue weighted by Crippen LogP contribution is 2.42. The minimum Gasteiger partial charge on any atom is -0.264 e. The summed E-state index contributed by atoms with van der Waals surface area (Å²) in [6.45, 7) is 0. The Morgan fingerprint density at radius 2 is 0.814 bits per heavy atom. The normalized spacial score (nSPS) is 11.4. The minimum atomic E-state index is 1.00. The third kappa shape index (κ3) is 6.58. The molecular formula is C56H36N2S. The minimum absolute atomic E-state index is 1.00. The Labute approximate surface area is 347 Å². The van der Waals surface area contributed by atoms with Crippen LogP contribution in [0, 0.1) is 0 Å². The molecule has 2 heterocycles. The Morgan fingerprint density at radius 3 is 1.42 bits per heavy atom. The second-order valence-electron chi connectivity index (χ2n) is 15.0. The van der Waals surface area contributed by atoms with Crippen molar-refractivity contribution in [3.8, 4) is 77.3 Å². The van der Waals surface area contributed by atoms with Crippen molar-refractivity contribution < 1.29 is 0 Å². The molecule has 0 saturated heterocycles. The van der Waals surface area contributed by atoms with Gasteiger partial charge in [-0.3, -0.25) is 4.98 Å². The Morgan fingerprint density at radius 1 is 0.322 bits per heavy atom. The second kappa shape index (κ2) is 14.8. The smallest absolute Gasteiger partial charge is 0.124 e. The molecule has 0 aliphatic heterocycles. The topological polar surface area (TPSA) is 25.8 Å². The molecule has 276 valence electrons. The quantitative estimate of drug-likeness (QED) is 0.161. The van der Waals surface area contributed by atoms with Gasteiger partial charge in [0.15, 0.2) is 0 Å². The monoisotopic (exact) mass is 768 g/mol. The van der Waals surface area contributed by atoms with E-state index in [1.54, 1.807) is 11.3 Å². The van der Waals surface area contributed by atoms with E-state index in [4.69, 9.17) is 4.98 Å². The Hall–Kier alpha value is -7.46. The van der Waals surface area contributed by atoms with E-state index < -0.39 is 0 Å². The fourth-order valence-corrected chi connectivity index (χ4v) is 9.44. The molecule has 2 aromatic heterocycles. The lowest BCUT2D eigenvalue weighted by Crippen LogP contribution is -1.87. The summed E-state index contributed by atoms with van der Waals surface area (Å²) < 4.78 is 1.16. The fourth-order valence-electron chi connectivity index (χ4n) is 8.41. The van der Waals surface area contributed by atoms with Crippen molar-refractivity contribution in [1.82, 2.24) is 9.97 Å². The highest BCUT2D eigenvalue weighted by molar-refractivity contribution is 7.21. The lowest BCUT2D eigenvalue weighted by atomic mass is 9.93. The molecule has 0 aliphatic carbocycles. The highest BCUT2D eigenvalue weighted by atomic mass is 32.1. The van der Waals surface area contributed by atoms with Crippen LogP contribution < -0.4 is 0 Å². The van der Waals surface area contributed by atoms with Gasteiger partial charge in [0.2, 0.25) is 0 Å². The molecule has 2 nitrogen and oxygen atoms in total. The van der Waals surface area contributed by atoms with Gasteiger partial charge in [-0.15, -0.1) is 11.3 Å². The molecule has 0 amide bonds. The van der Waals surface area contributed by atoms with Crippen molar-refractivity contribution >= 4 is 43.1 Å². The van der Waals surface area contributed by atoms with Crippen LogP contribution in [0.1, 0.15) is 0 Å². The first-order valence-corrected chi connectivity index (χ1v) is 20.8. The van der Waals surface area contributed by atoms with Crippen LogP contribution in [-0.4, -0.2) is 9.97 Å². The van der Waals surface area contributed by atoms with E-state index in [9.17, 15) is 0 Å². The zero-order valence-electron chi connectivity index (χ0n) is 32.1. The summed E-state index contributed by atoms with van der Waals surface area (Å²) in [5, 5.41) is 6.02. The number of hydrogen-bond acceptors (Lipinski definition) is 3. The number of benzene rings is 9. The van der Waals surface area contributed by atoms with E-state index >= 15 is 0 Å². The van der Waals surface area contributed by atoms with Gasteiger partial charge in [0.05, 0.1) is 10.2 Å². The molecule has 0 atom stereocenters. The number of nitrogens with zero attached hydrogens (tertiary/aromatic N) is 2. The Balaban J connectivity index is 1.01. The van der Waals surface area contributed by atoms with Gasteiger partial charge < -0.3 is 0 Å². The van der Waals surface area contributed by atoms with Crippen LogP contribution in [0.4, 0.5) is 0 Å². The molecule has 0 spiro atoms. The maximum Gasteiger partial charge on any atom is 0.124 e. The Bertz CT molecular complexity index is 3300. The number of fused-ring (bicyclic) bond motifs is 3. The van der Waals surface area contributed by atoms with E-state index in [1.165, 1.54) is 54.9 Å². The molecule has 11 aromatic rings.